The molecule has 1 fully saturated rings. The van der Waals surface area contributed by atoms with Crippen molar-refractivity contribution < 1.29 is 19.1 Å². The van der Waals surface area contributed by atoms with E-state index in [0.717, 1.165) is 35.5 Å². The van der Waals surface area contributed by atoms with Gasteiger partial charge in [-0.3, -0.25) is 19.4 Å². The van der Waals surface area contributed by atoms with Crippen molar-refractivity contribution in [2.24, 2.45) is 0 Å². The van der Waals surface area contributed by atoms with Gasteiger partial charge in [-0.1, -0.05) is 36.4 Å². The summed E-state index contributed by atoms with van der Waals surface area (Å²) in [6.45, 7) is 4.72. The van der Waals surface area contributed by atoms with Crippen molar-refractivity contribution in [2.45, 2.75) is 19.8 Å². The minimum absolute atomic E-state index is 0.0408. The number of hydrogen-bond donors (Lipinski definition) is 2. The fourth-order valence-electron chi connectivity index (χ4n) is 4.79. The number of aromatic nitrogens is 3. The highest BCUT2D eigenvalue weighted by molar-refractivity contribution is 6.00. The molecule has 0 bridgehead atoms. The Hall–Kier alpha value is -4.96. The van der Waals surface area contributed by atoms with Crippen LogP contribution in [0.4, 0.5) is 11.5 Å². The van der Waals surface area contributed by atoms with E-state index in [-0.39, 0.29) is 35.4 Å². The summed E-state index contributed by atoms with van der Waals surface area (Å²) in [5.41, 5.74) is 11.4. The van der Waals surface area contributed by atoms with Gasteiger partial charge in [-0.15, -0.1) is 0 Å². The maximum atomic E-state index is 13.3. The van der Waals surface area contributed by atoms with Crippen LogP contribution in [-0.2, 0) is 17.6 Å². The van der Waals surface area contributed by atoms with Gasteiger partial charge in [0.1, 0.15) is 5.69 Å². The number of Topliss-reactive ketones (excluding diaryl/α,β-unsaturated/α-hetero) is 2. The van der Waals surface area contributed by atoms with Gasteiger partial charge in [-0.25, -0.2) is 9.97 Å². The first-order valence-corrected chi connectivity index (χ1v) is 13.8. The predicted molar refractivity (Wildman–Crippen MR) is 160 cm³/mol. The first kappa shape index (κ1) is 28.6. The average Bonchev–Trinajstić information content (AvgIpc) is 3.02. The minimum atomic E-state index is -0.229. The lowest BCUT2D eigenvalue weighted by atomic mass is 10.0. The molecule has 10 heteroatoms. The van der Waals surface area contributed by atoms with E-state index in [9.17, 15) is 14.4 Å². The highest BCUT2D eigenvalue weighted by Crippen LogP contribution is 2.24. The van der Waals surface area contributed by atoms with Crippen LogP contribution < -0.4 is 16.0 Å². The SMILES string of the molecule is CC(=O)c1ccc(C(=O)NCCc2ccc(-c3cnc(N)c(C(=O)Cc4cnccc4N4CCOCC4)n3)cc2)cc1. The third kappa shape index (κ3) is 6.84. The molecule has 0 spiro atoms. The van der Waals surface area contributed by atoms with Gasteiger partial charge < -0.3 is 20.7 Å². The zero-order valence-electron chi connectivity index (χ0n) is 23.4. The Morgan fingerprint density at radius 3 is 2.38 bits per heavy atom. The second kappa shape index (κ2) is 13.1. The quantitative estimate of drug-likeness (QED) is 0.277. The Morgan fingerprint density at radius 1 is 0.952 bits per heavy atom. The molecule has 3 heterocycles. The topological polar surface area (TPSA) is 140 Å². The molecule has 3 N–H and O–H groups in total. The van der Waals surface area contributed by atoms with Crippen molar-refractivity contribution in [3.63, 3.8) is 0 Å². The average molecular weight is 565 g/mol. The van der Waals surface area contributed by atoms with Crippen LogP contribution in [0.1, 0.15) is 49.3 Å². The largest absolute Gasteiger partial charge is 0.382 e. The third-order valence-electron chi connectivity index (χ3n) is 7.15. The number of anilines is 2. The van der Waals surface area contributed by atoms with E-state index in [1.54, 1.807) is 42.9 Å². The van der Waals surface area contributed by atoms with Crippen molar-refractivity contribution in [3.8, 4) is 11.3 Å². The lowest BCUT2D eigenvalue weighted by Crippen LogP contribution is -2.37. The maximum Gasteiger partial charge on any atom is 0.251 e. The fourth-order valence-corrected chi connectivity index (χ4v) is 4.79. The van der Waals surface area contributed by atoms with Crippen LogP contribution in [0.5, 0.6) is 0 Å². The molecule has 0 aliphatic carbocycles. The number of nitrogens with one attached hydrogen (secondary N) is 1. The summed E-state index contributed by atoms with van der Waals surface area (Å²) in [6.07, 6.45) is 5.73. The van der Waals surface area contributed by atoms with Gasteiger partial charge in [0.05, 0.1) is 25.1 Å². The monoisotopic (exact) mass is 564 g/mol. The van der Waals surface area contributed by atoms with Crippen LogP contribution in [0.15, 0.2) is 73.2 Å². The summed E-state index contributed by atoms with van der Waals surface area (Å²) in [7, 11) is 0. The van der Waals surface area contributed by atoms with Gasteiger partial charge in [0.25, 0.3) is 5.91 Å². The van der Waals surface area contributed by atoms with Crippen LogP contribution in [-0.4, -0.2) is 65.3 Å². The Balaban J connectivity index is 1.21. The number of rotatable bonds is 10. The number of nitrogens with two attached hydrogens (primary N) is 1. The Kier molecular flexibility index (Phi) is 8.93. The summed E-state index contributed by atoms with van der Waals surface area (Å²) in [6, 6.07) is 16.2. The molecule has 10 nitrogen and oxygen atoms in total. The molecular weight excluding hydrogens is 532 g/mol. The molecule has 1 aliphatic rings. The Bertz CT molecular complexity index is 1580. The number of morpholine rings is 1. The standard InChI is InChI=1S/C32H32N6O4/c1-21(39)23-6-8-25(9-7-23)32(41)35-13-10-22-2-4-24(5-3-22)27-20-36-31(33)30(37-27)29(40)18-26-19-34-12-11-28(26)38-14-16-42-17-15-38/h2-9,11-12,19-20H,10,13-18H2,1H3,(H2,33,36)(H,35,41). The van der Waals surface area contributed by atoms with Crippen molar-refractivity contribution in [1.29, 1.82) is 0 Å². The van der Waals surface area contributed by atoms with Gasteiger partial charge >= 0.3 is 0 Å². The fraction of sp³-hybridized carbons (Fsp3) is 0.250. The number of nitrogen functional groups attached to an aromatic ring is 1. The zero-order valence-corrected chi connectivity index (χ0v) is 23.4. The van der Waals surface area contributed by atoms with Crippen molar-refractivity contribution >= 4 is 29.0 Å². The van der Waals surface area contributed by atoms with E-state index in [1.807, 2.05) is 30.3 Å². The second-order valence-corrected chi connectivity index (χ2v) is 10.0. The Morgan fingerprint density at radius 2 is 1.67 bits per heavy atom. The van der Waals surface area contributed by atoms with E-state index in [4.69, 9.17) is 10.5 Å². The zero-order chi connectivity index (χ0) is 29.5. The van der Waals surface area contributed by atoms with Crippen molar-refractivity contribution in [2.75, 3.05) is 43.5 Å². The molecule has 1 amide bonds. The van der Waals surface area contributed by atoms with Crippen LogP contribution in [0.3, 0.4) is 0 Å². The smallest absolute Gasteiger partial charge is 0.251 e. The summed E-state index contributed by atoms with van der Waals surface area (Å²) in [5, 5.41) is 2.90. The summed E-state index contributed by atoms with van der Waals surface area (Å²) < 4.78 is 5.46. The molecule has 0 unspecified atom stereocenters. The number of pyridine rings is 1. The van der Waals surface area contributed by atoms with Crippen LogP contribution in [0.2, 0.25) is 0 Å². The molecule has 0 radical (unpaired) electrons. The molecule has 1 saturated heterocycles. The number of carbonyl (C=O) groups excluding carboxylic acids is 3. The van der Waals surface area contributed by atoms with Crippen LogP contribution >= 0.6 is 0 Å². The number of nitrogens with zero attached hydrogens (tertiary/aromatic N) is 4. The molecule has 2 aromatic heterocycles. The highest BCUT2D eigenvalue weighted by Gasteiger charge is 2.20. The Labute approximate surface area is 244 Å². The van der Waals surface area contributed by atoms with E-state index >= 15 is 0 Å². The minimum Gasteiger partial charge on any atom is -0.382 e. The molecular formula is C32H32N6O4. The number of hydrogen-bond acceptors (Lipinski definition) is 9. The highest BCUT2D eigenvalue weighted by atomic mass is 16.5. The van der Waals surface area contributed by atoms with Crippen LogP contribution in [0, 0.1) is 0 Å². The van der Waals surface area contributed by atoms with Gasteiger partial charge in [-0.05, 0) is 37.1 Å². The number of amides is 1. The lowest BCUT2D eigenvalue weighted by molar-refractivity contribution is 0.0950. The van der Waals surface area contributed by atoms with E-state index < -0.39 is 0 Å². The first-order valence-electron chi connectivity index (χ1n) is 13.8. The van der Waals surface area contributed by atoms with Gasteiger partial charge in [0, 0.05) is 66.4 Å². The first-order chi connectivity index (χ1) is 20.4. The lowest BCUT2D eigenvalue weighted by Gasteiger charge is -2.30. The molecule has 0 saturated carbocycles. The third-order valence-corrected chi connectivity index (χ3v) is 7.15. The molecule has 4 aromatic rings. The van der Waals surface area contributed by atoms with Crippen molar-refractivity contribution in [1.82, 2.24) is 20.3 Å². The maximum absolute atomic E-state index is 13.3. The molecule has 2 aromatic carbocycles. The van der Waals surface area contributed by atoms with E-state index in [0.29, 0.717) is 43.0 Å². The van der Waals surface area contributed by atoms with Gasteiger partial charge in [-0.2, -0.15) is 0 Å². The van der Waals surface area contributed by atoms with E-state index in [1.165, 1.54) is 6.92 Å². The number of ketones is 2. The van der Waals surface area contributed by atoms with Crippen LogP contribution in [0.25, 0.3) is 11.3 Å². The molecule has 1 aliphatic heterocycles. The number of carbonyl (C=O) groups is 3. The second-order valence-electron chi connectivity index (χ2n) is 10.0. The molecule has 214 valence electrons. The summed E-state index contributed by atoms with van der Waals surface area (Å²) in [5.74, 6) is -0.378. The molecule has 5 rings (SSSR count). The summed E-state index contributed by atoms with van der Waals surface area (Å²) >= 11 is 0. The number of benzene rings is 2. The molecule has 42 heavy (non-hydrogen) atoms. The normalized spacial score (nSPS) is 13.0. The number of ether oxygens (including phenoxy) is 1. The summed E-state index contributed by atoms with van der Waals surface area (Å²) in [4.78, 5) is 52.4. The van der Waals surface area contributed by atoms with Gasteiger partial charge in [0.15, 0.2) is 17.4 Å². The van der Waals surface area contributed by atoms with Gasteiger partial charge in [0.2, 0.25) is 0 Å². The molecule has 0 atom stereocenters. The van der Waals surface area contributed by atoms with Crippen molar-refractivity contribution in [3.05, 3.63) is 101 Å². The van der Waals surface area contributed by atoms with E-state index in [2.05, 4.69) is 25.2 Å². The predicted octanol–water partition coefficient (Wildman–Crippen LogP) is 3.56.